The molecular weight excluding hydrogens is 354 g/mol. The lowest BCUT2D eigenvalue weighted by Gasteiger charge is -2.07. The zero-order valence-corrected chi connectivity index (χ0v) is 15.1. The summed E-state index contributed by atoms with van der Waals surface area (Å²) in [4.78, 5) is 25.7. The van der Waals surface area contributed by atoms with Gasteiger partial charge in [-0.05, 0) is 48.5 Å². The van der Waals surface area contributed by atoms with Gasteiger partial charge >= 0.3 is 0 Å². The van der Waals surface area contributed by atoms with E-state index in [9.17, 15) is 9.59 Å². The predicted octanol–water partition coefficient (Wildman–Crippen LogP) is 4.92. The monoisotopic (exact) mass is 371 g/mol. The number of carbonyl (C=O) groups is 2. The van der Waals surface area contributed by atoms with Gasteiger partial charge in [-0.25, -0.2) is 0 Å². The first-order valence-corrected chi connectivity index (χ1v) is 8.74. The van der Waals surface area contributed by atoms with Gasteiger partial charge in [0.05, 0.1) is 12.8 Å². The second kappa shape index (κ2) is 7.40. The number of anilines is 1. The number of hydrogen-bond acceptors (Lipinski definition) is 4. The minimum Gasteiger partial charge on any atom is -0.497 e. The van der Waals surface area contributed by atoms with Gasteiger partial charge in [0.25, 0.3) is 5.91 Å². The Kier molecular flexibility index (Phi) is 4.64. The average molecular weight is 371 g/mol. The molecule has 0 atom stereocenters. The second-order valence-electron chi connectivity index (χ2n) is 6.18. The summed E-state index contributed by atoms with van der Waals surface area (Å²) in [5.74, 6) is 0.118. The van der Waals surface area contributed by atoms with Crippen LogP contribution < -0.4 is 10.1 Å². The molecule has 1 aromatic heterocycles. The van der Waals surface area contributed by atoms with Crippen molar-refractivity contribution in [3.05, 3.63) is 95.7 Å². The zero-order valence-electron chi connectivity index (χ0n) is 15.1. The first kappa shape index (κ1) is 17.5. The fourth-order valence-corrected chi connectivity index (χ4v) is 2.98. The summed E-state index contributed by atoms with van der Waals surface area (Å²) in [6.45, 7) is 0. The van der Waals surface area contributed by atoms with Gasteiger partial charge in [-0.1, -0.05) is 30.3 Å². The number of methoxy groups -OCH3 is 1. The van der Waals surface area contributed by atoms with E-state index < -0.39 is 0 Å². The Labute approximate surface area is 161 Å². The van der Waals surface area contributed by atoms with Crippen LogP contribution in [0.25, 0.3) is 11.0 Å². The maximum Gasteiger partial charge on any atom is 0.255 e. The Hall–Kier alpha value is -3.86. The SMILES string of the molecule is COc1ccc(C(=O)c2oc3ccccc3c2NC(=O)c2ccccc2)cc1. The van der Waals surface area contributed by atoms with Gasteiger partial charge in [-0.2, -0.15) is 0 Å². The summed E-state index contributed by atoms with van der Waals surface area (Å²) in [5.41, 5.74) is 1.83. The number of ether oxygens (including phenoxy) is 1. The van der Waals surface area contributed by atoms with Crippen LogP contribution in [0.1, 0.15) is 26.5 Å². The smallest absolute Gasteiger partial charge is 0.255 e. The van der Waals surface area contributed by atoms with Crippen LogP contribution >= 0.6 is 0 Å². The molecule has 0 bridgehead atoms. The molecule has 1 N–H and O–H groups in total. The number of amides is 1. The maximum atomic E-state index is 13.1. The molecule has 0 radical (unpaired) electrons. The number of ketones is 1. The number of nitrogens with one attached hydrogen (secondary N) is 1. The van der Waals surface area contributed by atoms with Crippen molar-refractivity contribution in [2.24, 2.45) is 0 Å². The molecule has 0 saturated heterocycles. The largest absolute Gasteiger partial charge is 0.497 e. The molecule has 3 aromatic carbocycles. The van der Waals surface area contributed by atoms with Crippen molar-refractivity contribution >= 4 is 28.3 Å². The van der Waals surface area contributed by atoms with E-state index in [0.717, 1.165) is 0 Å². The summed E-state index contributed by atoms with van der Waals surface area (Å²) in [6, 6.07) is 22.8. The third-order valence-corrected chi connectivity index (χ3v) is 4.43. The lowest BCUT2D eigenvalue weighted by atomic mass is 10.1. The third kappa shape index (κ3) is 3.25. The molecule has 1 amide bonds. The van der Waals surface area contributed by atoms with E-state index in [1.54, 1.807) is 61.7 Å². The van der Waals surface area contributed by atoms with Crippen molar-refractivity contribution in [2.75, 3.05) is 12.4 Å². The van der Waals surface area contributed by atoms with Gasteiger partial charge in [-0.15, -0.1) is 0 Å². The molecule has 0 fully saturated rings. The van der Waals surface area contributed by atoms with E-state index in [1.807, 2.05) is 24.3 Å². The van der Waals surface area contributed by atoms with Gasteiger partial charge in [-0.3, -0.25) is 9.59 Å². The molecule has 5 heteroatoms. The van der Waals surface area contributed by atoms with Crippen LogP contribution in [0, 0.1) is 0 Å². The summed E-state index contributed by atoms with van der Waals surface area (Å²) < 4.78 is 10.9. The highest BCUT2D eigenvalue weighted by Gasteiger charge is 2.23. The molecular formula is C23H17NO4. The quantitative estimate of drug-likeness (QED) is 0.505. The van der Waals surface area contributed by atoms with E-state index in [0.29, 0.717) is 33.5 Å². The zero-order chi connectivity index (χ0) is 19.5. The Morgan fingerprint density at radius 1 is 0.821 bits per heavy atom. The highest BCUT2D eigenvalue weighted by Crippen LogP contribution is 2.33. The average Bonchev–Trinajstić information content (AvgIpc) is 3.12. The minimum absolute atomic E-state index is 0.0932. The number of furan rings is 1. The number of benzene rings is 3. The Bertz CT molecular complexity index is 1140. The van der Waals surface area contributed by atoms with Crippen LogP contribution in [0.2, 0.25) is 0 Å². The van der Waals surface area contributed by atoms with Crippen LogP contribution in [-0.2, 0) is 0 Å². The number of carbonyl (C=O) groups excluding carboxylic acids is 2. The van der Waals surface area contributed by atoms with Gasteiger partial charge in [0.2, 0.25) is 5.78 Å². The van der Waals surface area contributed by atoms with Crippen molar-refractivity contribution in [2.45, 2.75) is 0 Å². The minimum atomic E-state index is -0.317. The number of rotatable bonds is 5. The van der Waals surface area contributed by atoms with Crippen LogP contribution in [0.15, 0.2) is 83.3 Å². The van der Waals surface area contributed by atoms with Crippen molar-refractivity contribution in [3.63, 3.8) is 0 Å². The molecule has 0 unspecified atom stereocenters. The summed E-state index contributed by atoms with van der Waals surface area (Å²) in [6.07, 6.45) is 0. The van der Waals surface area contributed by atoms with Gasteiger partial charge in [0.15, 0.2) is 5.76 Å². The molecule has 0 aliphatic heterocycles. The van der Waals surface area contributed by atoms with Crippen LogP contribution in [-0.4, -0.2) is 18.8 Å². The first-order valence-electron chi connectivity index (χ1n) is 8.74. The molecule has 0 saturated carbocycles. The van der Waals surface area contributed by atoms with Gasteiger partial charge < -0.3 is 14.5 Å². The molecule has 138 valence electrons. The van der Waals surface area contributed by atoms with Crippen molar-refractivity contribution in [1.29, 1.82) is 0 Å². The first-order chi connectivity index (χ1) is 13.7. The molecule has 1 heterocycles. The third-order valence-electron chi connectivity index (χ3n) is 4.43. The van der Waals surface area contributed by atoms with Crippen LogP contribution in [0.3, 0.4) is 0 Å². The molecule has 4 aromatic rings. The summed E-state index contributed by atoms with van der Waals surface area (Å²) in [7, 11) is 1.56. The Morgan fingerprint density at radius 2 is 1.50 bits per heavy atom. The molecule has 0 aliphatic rings. The van der Waals surface area contributed by atoms with Crippen molar-refractivity contribution in [3.8, 4) is 5.75 Å². The number of hydrogen-bond donors (Lipinski definition) is 1. The second-order valence-corrected chi connectivity index (χ2v) is 6.18. The highest BCUT2D eigenvalue weighted by molar-refractivity contribution is 6.18. The van der Waals surface area contributed by atoms with E-state index in [-0.39, 0.29) is 17.5 Å². The molecule has 28 heavy (non-hydrogen) atoms. The van der Waals surface area contributed by atoms with Gasteiger partial charge in [0.1, 0.15) is 11.3 Å². The fraction of sp³-hybridized carbons (Fsp3) is 0.0435. The molecule has 0 spiro atoms. The number of para-hydroxylation sites is 1. The predicted molar refractivity (Wildman–Crippen MR) is 107 cm³/mol. The lowest BCUT2D eigenvalue weighted by molar-refractivity contribution is 0.101. The standard InChI is InChI=1S/C23H17NO4/c1-27-17-13-11-15(12-14-17)21(25)22-20(18-9-5-6-10-19(18)28-22)24-23(26)16-7-3-2-4-8-16/h2-14H,1H3,(H,24,26). The number of fused-ring (bicyclic) bond motifs is 1. The van der Waals surface area contributed by atoms with Crippen molar-refractivity contribution in [1.82, 2.24) is 0 Å². The topological polar surface area (TPSA) is 68.5 Å². The van der Waals surface area contributed by atoms with E-state index >= 15 is 0 Å². The van der Waals surface area contributed by atoms with Crippen LogP contribution in [0.5, 0.6) is 5.75 Å². The van der Waals surface area contributed by atoms with Crippen molar-refractivity contribution < 1.29 is 18.7 Å². The van der Waals surface area contributed by atoms with Crippen LogP contribution in [0.4, 0.5) is 5.69 Å². The Balaban J connectivity index is 1.76. The molecule has 0 aliphatic carbocycles. The van der Waals surface area contributed by atoms with E-state index in [1.165, 1.54) is 0 Å². The lowest BCUT2D eigenvalue weighted by Crippen LogP contribution is -2.14. The van der Waals surface area contributed by atoms with E-state index in [4.69, 9.17) is 9.15 Å². The highest BCUT2D eigenvalue weighted by atomic mass is 16.5. The van der Waals surface area contributed by atoms with E-state index in [2.05, 4.69) is 5.32 Å². The molecule has 4 rings (SSSR count). The Morgan fingerprint density at radius 3 is 2.21 bits per heavy atom. The molecule has 5 nitrogen and oxygen atoms in total. The normalized spacial score (nSPS) is 10.6. The fourth-order valence-electron chi connectivity index (χ4n) is 2.98. The summed E-state index contributed by atoms with van der Waals surface area (Å²) >= 11 is 0. The summed E-state index contributed by atoms with van der Waals surface area (Å²) in [5, 5.41) is 3.51. The maximum absolute atomic E-state index is 13.1. The van der Waals surface area contributed by atoms with Gasteiger partial charge in [0, 0.05) is 16.5 Å².